The number of anilines is 1. The van der Waals surface area contributed by atoms with Crippen molar-refractivity contribution in [2.45, 2.75) is 0 Å². The summed E-state index contributed by atoms with van der Waals surface area (Å²) in [6.45, 7) is 0. The number of quaternary nitrogens is 1. The van der Waals surface area contributed by atoms with Gasteiger partial charge in [-0.15, -0.1) is 3.69 Å². The van der Waals surface area contributed by atoms with E-state index in [2.05, 4.69) is 19.6 Å². The van der Waals surface area contributed by atoms with Crippen molar-refractivity contribution in [2.24, 2.45) is 0 Å². The quantitative estimate of drug-likeness (QED) is 0.355. The molecule has 0 aliphatic heterocycles. The zero-order chi connectivity index (χ0) is 9.52. The Hall–Kier alpha value is -0.450. The third-order valence-electron chi connectivity index (χ3n) is 1.23. The van der Waals surface area contributed by atoms with E-state index < -0.39 is 0 Å². The van der Waals surface area contributed by atoms with Crippen LogP contribution in [-0.2, 0) is 4.94 Å². The average molecular weight is 295 g/mol. The van der Waals surface area contributed by atoms with Crippen molar-refractivity contribution < 1.29 is 10.2 Å². The molecule has 1 atom stereocenters. The number of benzene rings is 1. The minimum Gasteiger partial charge on any atom is -0.419 e. The molecule has 7 heteroatoms. The van der Waals surface area contributed by atoms with Crippen LogP contribution in [0.4, 0.5) is 5.69 Å². The molecule has 0 fully saturated rings. The van der Waals surface area contributed by atoms with E-state index in [1.165, 1.54) is 0 Å². The lowest BCUT2D eigenvalue weighted by Crippen LogP contribution is -3.15. The van der Waals surface area contributed by atoms with Crippen LogP contribution in [0.2, 0.25) is 0 Å². The van der Waals surface area contributed by atoms with E-state index in [1.54, 1.807) is 22.9 Å². The number of rotatable bonds is 5. The monoisotopic (exact) mass is 295 g/mol. The van der Waals surface area contributed by atoms with Gasteiger partial charge in [-0.1, -0.05) is 18.2 Å². The van der Waals surface area contributed by atoms with Crippen LogP contribution < -0.4 is 19.9 Å². The van der Waals surface area contributed by atoms with Gasteiger partial charge in [-0.25, -0.2) is 10.7 Å². The molecule has 0 saturated carbocycles. The summed E-state index contributed by atoms with van der Waals surface area (Å²) < 4.78 is 2.36. The highest BCUT2D eigenvalue weighted by molar-refractivity contribution is 14.1. The molecular formula is C6H10IN5O. The van der Waals surface area contributed by atoms with Crippen molar-refractivity contribution in [3.63, 3.8) is 0 Å². The van der Waals surface area contributed by atoms with Crippen molar-refractivity contribution in [3.8, 4) is 0 Å². The summed E-state index contributed by atoms with van der Waals surface area (Å²) in [7, 11) is 0. The Morgan fingerprint density at radius 3 is 2.62 bits per heavy atom. The molecule has 1 unspecified atom stereocenters. The average Bonchev–Trinajstić information content (AvgIpc) is 2.16. The van der Waals surface area contributed by atoms with Gasteiger partial charge in [0.25, 0.3) is 0 Å². The molecular weight excluding hydrogens is 285 g/mol. The molecule has 0 aliphatic rings. The Balaban J connectivity index is 2.32. The lowest BCUT2D eigenvalue weighted by molar-refractivity contribution is -0.908. The smallest absolute Gasteiger partial charge is 0.0863 e. The predicted octanol–water partition coefficient (Wildman–Crippen LogP) is 0.156. The fourth-order valence-electron chi connectivity index (χ4n) is 0.762. The lowest BCUT2D eigenvalue weighted by Gasteiger charge is -2.20. The standard InChI is InChI=1S/C6H10IN5O/c7-10-13-11-12(8)9-6-4-2-1-3-5-6/h1-5,8-12H. The molecule has 0 aromatic heterocycles. The van der Waals surface area contributed by atoms with Crippen molar-refractivity contribution >= 4 is 28.6 Å². The third kappa shape index (κ3) is 4.36. The maximum absolute atomic E-state index is 7.34. The normalized spacial score (nSPS) is 12.5. The molecule has 1 aromatic rings. The van der Waals surface area contributed by atoms with Crippen molar-refractivity contribution in [3.05, 3.63) is 36.2 Å². The Morgan fingerprint density at radius 2 is 2.00 bits per heavy atom. The third-order valence-corrected chi connectivity index (χ3v) is 1.45. The summed E-state index contributed by atoms with van der Waals surface area (Å²) in [6, 6.07) is 9.38. The Kier molecular flexibility index (Phi) is 4.97. The van der Waals surface area contributed by atoms with Gasteiger partial charge in [-0.05, 0) is 17.7 Å². The van der Waals surface area contributed by atoms with Gasteiger partial charge < -0.3 is 5.84 Å². The number of hydrogen-bond donors (Lipinski definition) is 4. The minimum absolute atomic E-state index is 0.0652. The van der Waals surface area contributed by atoms with Gasteiger partial charge in [0.1, 0.15) is 0 Å². The van der Waals surface area contributed by atoms with Crippen molar-refractivity contribution in [1.29, 1.82) is 0 Å². The first-order chi connectivity index (χ1) is 6.33. The summed E-state index contributed by atoms with van der Waals surface area (Å²) in [5.74, 6) is 7.34. The van der Waals surface area contributed by atoms with Gasteiger partial charge in [-0.2, -0.15) is 4.94 Å². The van der Waals surface area contributed by atoms with E-state index >= 15 is 0 Å². The Bertz CT molecular complexity index is 234. The van der Waals surface area contributed by atoms with Crippen LogP contribution in [0.5, 0.6) is 0 Å². The van der Waals surface area contributed by atoms with Gasteiger partial charge >= 0.3 is 0 Å². The van der Waals surface area contributed by atoms with Crippen LogP contribution >= 0.6 is 22.9 Å². The molecule has 0 bridgehead atoms. The Labute approximate surface area is 89.7 Å². The minimum atomic E-state index is 0.0652. The molecule has 0 aliphatic carbocycles. The molecule has 0 heterocycles. The maximum atomic E-state index is 7.34. The summed E-state index contributed by atoms with van der Waals surface area (Å²) in [5, 5.41) is 0.0652. The molecule has 1 rings (SSSR count). The molecule has 72 valence electrons. The van der Waals surface area contributed by atoms with Crippen LogP contribution in [0.3, 0.4) is 0 Å². The topological polar surface area (TPSA) is 73.6 Å². The highest BCUT2D eigenvalue weighted by Crippen LogP contribution is 2.00. The Morgan fingerprint density at radius 1 is 1.31 bits per heavy atom. The maximum Gasteiger partial charge on any atom is 0.0863 e. The summed E-state index contributed by atoms with van der Waals surface area (Å²) in [6.07, 6.45) is 0. The first kappa shape index (κ1) is 10.6. The van der Waals surface area contributed by atoms with E-state index in [0.29, 0.717) is 0 Å². The van der Waals surface area contributed by atoms with Gasteiger partial charge in [0, 0.05) is 22.9 Å². The zero-order valence-electron chi connectivity index (χ0n) is 6.67. The predicted molar refractivity (Wildman–Crippen MR) is 56.7 cm³/mol. The summed E-state index contributed by atoms with van der Waals surface area (Å²) in [4.78, 5) is 4.57. The van der Waals surface area contributed by atoms with Crippen LogP contribution in [0.1, 0.15) is 0 Å². The number of hydrogen-bond acceptors (Lipinski definition) is 4. The number of halogens is 1. The largest absolute Gasteiger partial charge is 0.419 e. The molecule has 1 aromatic carbocycles. The molecule has 0 amide bonds. The van der Waals surface area contributed by atoms with Crippen molar-refractivity contribution in [2.75, 3.05) is 5.43 Å². The zero-order valence-corrected chi connectivity index (χ0v) is 8.83. The van der Waals surface area contributed by atoms with Gasteiger partial charge in [0.15, 0.2) is 0 Å². The number of nitrogens with one attached hydrogen (secondary N) is 5. The highest BCUT2D eigenvalue weighted by Gasteiger charge is 1.94. The van der Waals surface area contributed by atoms with Gasteiger partial charge in [0.2, 0.25) is 0 Å². The van der Waals surface area contributed by atoms with E-state index in [9.17, 15) is 0 Å². The second-order valence-electron chi connectivity index (χ2n) is 2.15. The first-order valence-corrected chi connectivity index (χ1v) is 4.59. The van der Waals surface area contributed by atoms with E-state index in [4.69, 9.17) is 5.84 Å². The van der Waals surface area contributed by atoms with E-state index in [-0.39, 0.29) is 5.23 Å². The first-order valence-electron chi connectivity index (χ1n) is 3.51. The van der Waals surface area contributed by atoms with Crippen molar-refractivity contribution in [1.82, 2.24) is 9.28 Å². The van der Waals surface area contributed by atoms with Crippen LogP contribution in [0, 0.1) is 0 Å². The summed E-state index contributed by atoms with van der Waals surface area (Å²) in [5.41, 5.74) is 5.95. The van der Waals surface area contributed by atoms with Crippen LogP contribution in [-0.4, -0.2) is 0 Å². The van der Waals surface area contributed by atoms with Crippen LogP contribution in [0.15, 0.2) is 30.3 Å². The second kappa shape index (κ2) is 6.07. The molecule has 0 radical (unpaired) electrons. The molecule has 0 saturated heterocycles. The fraction of sp³-hybridized carbons (Fsp3) is 0. The highest BCUT2D eigenvalue weighted by atomic mass is 127. The van der Waals surface area contributed by atoms with Gasteiger partial charge in [0.05, 0.1) is 5.69 Å². The summed E-state index contributed by atoms with van der Waals surface area (Å²) >= 11 is 1.79. The van der Waals surface area contributed by atoms with Crippen LogP contribution in [0.25, 0.3) is 5.84 Å². The second-order valence-corrected chi connectivity index (χ2v) is 2.59. The SMILES string of the molecule is [NH-][NH+](NONI)Nc1ccccc1. The van der Waals surface area contributed by atoms with Gasteiger partial charge in [-0.3, -0.25) is 0 Å². The molecule has 13 heavy (non-hydrogen) atoms. The van der Waals surface area contributed by atoms with E-state index in [0.717, 1.165) is 5.69 Å². The fourth-order valence-corrected chi connectivity index (χ4v) is 0.872. The number of para-hydroxylation sites is 1. The lowest BCUT2D eigenvalue weighted by atomic mass is 10.3. The van der Waals surface area contributed by atoms with E-state index in [1.807, 2.05) is 30.3 Å². The molecule has 5 N–H and O–H groups in total. The molecule has 0 spiro atoms. The molecule has 6 nitrogen and oxygen atoms in total.